The Balaban J connectivity index is 1.23. The fraction of sp³-hybridized carbons (Fsp3) is 0.0400. The molecule has 0 unspecified atom stereocenters. The second kappa shape index (κ2) is 8.69. The van der Waals surface area contributed by atoms with E-state index in [1.807, 2.05) is 77.5 Å². The summed E-state index contributed by atoms with van der Waals surface area (Å²) in [4.78, 5) is 25.7. The van der Waals surface area contributed by atoms with Crippen molar-refractivity contribution in [2.75, 3.05) is 5.32 Å². The molecule has 2 aromatic carbocycles. The smallest absolute Gasteiger partial charge is 0.258 e. The molecule has 7 nitrogen and oxygen atoms in total. The number of hydrogen-bond donors (Lipinski definition) is 1. The van der Waals surface area contributed by atoms with E-state index in [0.717, 1.165) is 16.9 Å². The van der Waals surface area contributed by atoms with Crippen molar-refractivity contribution in [3.8, 4) is 17.1 Å². The van der Waals surface area contributed by atoms with E-state index in [2.05, 4.69) is 20.3 Å². The number of ether oxygens (including phenoxy) is 1. The molecule has 5 rings (SSSR count). The van der Waals surface area contributed by atoms with Crippen molar-refractivity contribution in [2.24, 2.45) is 0 Å². The maximum absolute atomic E-state index is 12.6. The van der Waals surface area contributed by atoms with Gasteiger partial charge in [0.05, 0.1) is 11.3 Å². The quantitative estimate of drug-likeness (QED) is 0.433. The zero-order valence-electron chi connectivity index (χ0n) is 17.1. The Morgan fingerprint density at radius 2 is 1.75 bits per heavy atom. The Labute approximate surface area is 184 Å². The first-order valence-electron chi connectivity index (χ1n) is 10.1. The third-order valence-electron chi connectivity index (χ3n) is 4.84. The minimum Gasteiger partial charge on any atom is -0.487 e. The number of benzene rings is 2. The predicted molar refractivity (Wildman–Crippen MR) is 121 cm³/mol. The highest BCUT2D eigenvalue weighted by Gasteiger charge is 2.10. The molecule has 156 valence electrons. The van der Waals surface area contributed by atoms with Crippen LogP contribution in [0.1, 0.15) is 16.1 Å². The Morgan fingerprint density at radius 3 is 2.56 bits per heavy atom. The number of carbonyl (C=O) groups excluding carboxylic acids is 1. The van der Waals surface area contributed by atoms with Crippen LogP contribution >= 0.6 is 0 Å². The number of nitrogens with zero attached hydrogens (tertiary/aromatic N) is 4. The number of rotatable bonds is 6. The summed E-state index contributed by atoms with van der Waals surface area (Å²) in [7, 11) is 0. The van der Waals surface area contributed by atoms with Crippen LogP contribution in [0.3, 0.4) is 0 Å². The van der Waals surface area contributed by atoms with E-state index in [-0.39, 0.29) is 5.91 Å². The average molecular weight is 421 g/mol. The van der Waals surface area contributed by atoms with Gasteiger partial charge in [0.1, 0.15) is 18.0 Å². The molecular weight excluding hydrogens is 402 g/mol. The molecule has 0 fully saturated rings. The van der Waals surface area contributed by atoms with Crippen LogP contribution < -0.4 is 10.1 Å². The third-order valence-corrected chi connectivity index (χ3v) is 4.84. The topological polar surface area (TPSA) is 81.4 Å². The Kier molecular flexibility index (Phi) is 5.28. The SMILES string of the molecule is O=C(Nc1cccc(OCc2cn3ccccc3n2)c1)c1cnc(-c2ccccc2)nc1. The van der Waals surface area contributed by atoms with Crippen LogP contribution in [0.4, 0.5) is 5.69 Å². The van der Waals surface area contributed by atoms with Crippen LogP contribution in [-0.2, 0) is 6.61 Å². The number of amides is 1. The van der Waals surface area contributed by atoms with Gasteiger partial charge in [-0.2, -0.15) is 0 Å². The summed E-state index contributed by atoms with van der Waals surface area (Å²) >= 11 is 0. The number of hydrogen-bond acceptors (Lipinski definition) is 5. The largest absolute Gasteiger partial charge is 0.487 e. The molecule has 0 aliphatic carbocycles. The number of aromatic nitrogens is 4. The van der Waals surface area contributed by atoms with E-state index in [9.17, 15) is 4.79 Å². The molecule has 0 aliphatic heterocycles. The van der Waals surface area contributed by atoms with Gasteiger partial charge >= 0.3 is 0 Å². The van der Waals surface area contributed by atoms with E-state index in [1.165, 1.54) is 12.4 Å². The van der Waals surface area contributed by atoms with Gasteiger partial charge in [0.2, 0.25) is 0 Å². The van der Waals surface area contributed by atoms with Crippen molar-refractivity contribution in [3.63, 3.8) is 0 Å². The van der Waals surface area contributed by atoms with Crippen LogP contribution in [0.25, 0.3) is 17.0 Å². The van der Waals surface area contributed by atoms with E-state index in [1.54, 1.807) is 12.1 Å². The van der Waals surface area contributed by atoms with Crippen LogP contribution in [-0.4, -0.2) is 25.3 Å². The molecule has 0 atom stereocenters. The van der Waals surface area contributed by atoms with Gasteiger partial charge in [-0.1, -0.05) is 42.5 Å². The number of fused-ring (bicyclic) bond motifs is 1. The number of nitrogens with one attached hydrogen (secondary N) is 1. The van der Waals surface area contributed by atoms with Gasteiger partial charge in [-0.05, 0) is 24.3 Å². The first kappa shape index (κ1) is 19.4. The van der Waals surface area contributed by atoms with Gasteiger partial charge < -0.3 is 14.5 Å². The lowest BCUT2D eigenvalue weighted by atomic mass is 10.2. The average Bonchev–Trinajstić information content (AvgIpc) is 3.27. The highest BCUT2D eigenvalue weighted by Crippen LogP contribution is 2.20. The highest BCUT2D eigenvalue weighted by atomic mass is 16.5. The van der Waals surface area contributed by atoms with Crippen molar-refractivity contribution in [3.05, 3.63) is 109 Å². The van der Waals surface area contributed by atoms with E-state index < -0.39 is 0 Å². The lowest BCUT2D eigenvalue weighted by molar-refractivity contribution is 0.102. The van der Waals surface area contributed by atoms with Gasteiger partial charge in [0, 0.05) is 42.1 Å². The maximum atomic E-state index is 12.6. The van der Waals surface area contributed by atoms with E-state index in [4.69, 9.17) is 4.74 Å². The van der Waals surface area contributed by atoms with Crippen molar-refractivity contribution in [1.29, 1.82) is 0 Å². The zero-order valence-corrected chi connectivity index (χ0v) is 17.1. The number of pyridine rings is 1. The molecule has 0 saturated heterocycles. The second-order valence-corrected chi connectivity index (χ2v) is 7.13. The van der Waals surface area contributed by atoms with Crippen LogP contribution in [0.5, 0.6) is 5.75 Å². The lowest BCUT2D eigenvalue weighted by Gasteiger charge is -2.08. The summed E-state index contributed by atoms with van der Waals surface area (Å²) < 4.78 is 7.81. The molecule has 3 heterocycles. The Hall–Kier alpha value is -4.52. The normalized spacial score (nSPS) is 10.8. The third kappa shape index (κ3) is 4.32. The maximum Gasteiger partial charge on any atom is 0.258 e. The molecular formula is C25H19N5O2. The second-order valence-electron chi connectivity index (χ2n) is 7.13. The molecule has 5 aromatic rings. The molecule has 1 N–H and O–H groups in total. The fourth-order valence-corrected chi connectivity index (χ4v) is 3.26. The molecule has 3 aromatic heterocycles. The zero-order chi connectivity index (χ0) is 21.8. The number of carbonyl (C=O) groups is 1. The van der Waals surface area contributed by atoms with Gasteiger partial charge in [0.25, 0.3) is 5.91 Å². The summed E-state index contributed by atoms with van der Waals surface area (Å²) in [6.45, 7) is 0.327. The van der Waals surface area contributed by atoms with Crippen molar-refractivity contribution in [2.45, 2.75) is 6.61 Å². The van der Waals surface area contributed by atoms with Crippen molar-refractivity contribution < 1.29 is 9.53 Å². The first-order chi connectivity index (χ1) is 15.7. The fourth-order valence-electron chi connectivity index (χ4n) is 3.26. The van der Waals surface area contributed by atoms with Crippen LogP contribution in [0.2, 0.25) is 0 Å². The summed E-state index contributed by atoms with van der Waals surface area (Å²) in [5.41, 5.74) is 3.58. The minimum absolute atomic E-state index is 0.290. The number of anilines is 1. The summed E-state index contributed by atoms with van der Waals surface area (Å²) in [5, 5.41) is 2.86. The number of imidazole rings is 1. The lowest BCUT2D eigenvalue weighted by Crippen LogP contribution is -2.13. The summed E-state index contributed by atoms with van der Waals surface area (Å²) in [5.74, 6) is 0.919. The molecule has 1 amide bonds. The van der Waals surface area contributed by atoms with Gasteiger partial charge in [-0.3, -0.25) is 4.79 Å². The van der Waals surface area contributed by atoms with Gasteiger partial charge in [-0.15, -0.1) is 0 Å². The van der Waals surface area contributed by atoms with Crippen molar-refractivity contribution >= 4 is 17.2 Å². The monoisotopic (exact) mass is 421 g/mol. The molecule has 0 bridgehead atoms. The summed E-state index contributed by atoms with van der Waals surface area (Å²) in [6.07, 6.45) is 6.92. The van der Waals surface area contributed by atoms with Crippen LogP contribution in [0, 0.1) is 0 Å². The van der Waals surface area contributed by atoms with Gasteiger partial charge in [0.15, 0.2) is 5.82 Å². The summed E-state index contributed by atoms with van der Waals surface area (Å²) in [6, 6.07) is 22.7. The molecule has 0 saturated carbocycles. The molecule has 0 spiro atoms. The Bertz CT molecular complexity index is 1330. The van der Waals surface area contributed by atoms with Gasteiger partial charge in [-0.25, -0.2) is 15.0 Å². The molecule has 7 heteroatoms. The minimum atomic E-state index is -0.290. The standard InChI is InChI=1S/C25H19N5O2/c31-25(19-14-26-24(27-15-19)18-7-2-1-3-8-18)29-20-9-6-10-22(13-20)32-17-21-16-30-12-5-4-11-23(30)28-21/h1-16H,17H2,(H,29,31). The predicted octanol–water partition coefficient (Wildman–Crippen LogP) is 4.62. The molecule has 0 radical (unpaired) electrons. The van der Waals surface area contributed by atoms with Crippen LogP contribution in [0.15, 0.2) is 97.6 Å². The van der Waals surface area contributed by atoms with Crippen molar-refractivity contribution in [1.82, 2.24) is 19.4 Å². The van der Waals surface area contributed by atoms with E-state index in [0.29, 0.717) is 29.4 Å². The molecule has 32 heavy (non-hydrogen) atoms. The molecule has 0 aliphatic rings. The van der Waals surface area contributed by atoms with E-state index >= 15 is 0 Å². The first-order valence-corrected chi connectivity index (χ1v) is 10.1. The Morgan fingerprint density at radius 1 is 0.938 bits per heavy atom. The highest BCUT2D eigenvalue weighted by molar-refractivity contribution is 6.04.